The summed E-state index contributed by atoms with van der Waals surface area (Å²) in [6.45, 7) is -3.48. The number of nitrogens with zero attached hydrogens (tertiary/aromatic N) is 1. The molecule has 1 aromatic rings. The topological polar surface area (TPSA) is 99.2 Å². The predicted molar refractivity (Wildman–Crippen MR) is 116 cm³/mol. The van der Waals surface area contributed by atoms with Crippen molar-refractivity contribution in [3.63, 3.8) is 0 Å². The van der Waals surface area contributed by atoms with E-state index in [0.29, 0.717) is 12.0 Å². The largest absolute Gasteiger partial charge is 0.493 e. The Hall–Kier alpha value is -2.69. The van der Waals surface area contributed by atoms with E-state index in [0.717, 1.165) is 31.8 Å². The van der Waals surface area contributed by atoms with E-state index in [-0.39, 0.29) is 35.1 Å². The van der Waals surface area contributed by atoms with Gasteiger partial charge in [0.1, 0.15) is 0 Å². The zero-order valence-electron chi connectivity index (χ0n) is 18.2. The zero-order chi connectivity index (χ0) is 24.0. The molecule has 8 nitrogen and oxygen atoms in total. The molecular weight excluding hydrogens is 460 g/mol. The average Bonchev–Trinajstić information content (AvgIpc) is 3.41. The molecular formula is C22H27F2NO7S. The molecule has 1 aliphatic carbocycles. The summed E-state index contributed by atoms with van der Waals surface area (Å²) in [6, 6.07) is 3.73. The molecule has 1 amide bonds. The number of hydrogen-bond acceptors (Lipinski definition) is 7. The normalized spacial score (nSPS) is 20.3. The molecule has 1 atom stereocenters. The van der Waals surface area contributed by atoms with Gasteiger partial charge in [-0.1, -0.05) is 18.9 Å². The monoisotopic (exact) mass is 487 g/mol. The Kier molecular flexibility index (Phi) is 8.28. The number of benzene rings is 1. The highest BCUT2D eigenvalue weighted by molar-refractivity contribution is 7.91. The highest BCUT2D eigenvalue weighted by atomic mass is 32.2. The molecule has 0 aromatic heterocycles. The molecule has 1 heterocycles. The first-order chi connectivity index (χ1) is 15.7. The van der Waals surface area contributed by atoms with Gasteiger partial charge in [0.15, 0.2) is 27.9 Å². The maximum absolute atomic E-state index is 12.9. The first-order valence-corrected chi connectivity index (χ1v) is 12.5. The highest BCUT2D eigenvalue weighted by Crippen LogP contribution is 2.30. The van der Waals surface area contributed by atoms with Crippen molar-refractivity contribution in [3.05, 3.63) is 29.8 Å². The number of alkyl halides is 2. The second kappa shape index (κ2) is 11.0. The number of amides is 1. The molecule has 11 heteroatoms. The van der Waals surface area contributed by atoms with Gasteiger partial charge in [-0.2, -0.15) is 8.78 Å². The fourth-order valence-electron chi connectivity index (χ4n) is 4.28. The average molecular weight is 488 g/mol. The lowest BCUT2D eigenvalue weighted by atomic mass is 10.1. The van der Waals surface area contributed by atoms with Gasteiger partial charge in [0.25, 0.3) is 5.91 Å². The van der Waals surface area contributed by atoms with Crippen LogP contribution in [-0.4, -0.2) is 69.1 Å². The summed E-state index contributed by atoms with van der Waals surface area (Å²) in [5, 5.41) is 0. The lowest BCUT2D eigenvalue weighted by molar-refractivity contribution is -0.150. The van der Waals surface area contributed by atoms with E-state index in [2.05, 4.69) is 4.74 Å². The quantitative estimate of drug-likeness (QED) is 0.390. The van der Waals surface area contributed by atoms with Crippen LogP contribution in [0, 0.1) is 0 Å². The van der Waals surface area contributed by atoms with Crippen molar-refractivity contribution in [2.24, 2.45) is 0 Å². The molecule has 2 fully saturated rings. The number of rotatable bonds is 9. The summed E-state index contributed by atoms with van der Waals surface area (Å²) in [5.74, 6) is -1.24. The van der Waals surface area contributed by atoms with Crippen LogP contribution in [0.4, 0.5) is 8.78 Å². The first-order valence-electron chi connectivity index (χ1n) is 10.7. The minimum absolute atomic E-state index is 0.0357. The van der Waals surface area contributed by atoms with Crippen molar-refractivity contribution in [1.29, 1.82) is 0 Å². The number of carbonyl (C=O) groups excluding carboxylic acids is 2. The molecule has 1 saturated heterocycles. The van der Waals surface area contributed by atoms with Crippen LogP contribution in [0.1, 0.15) is 37.7 Å². The van der Waals surface area contributed by atoms with Gasteiger partial charge in [-0.15, -0.1) is 0 Å². The van der Waals surface area contributed by atoms with E-state index in [1.54, 1.807) is 4.90 Å². The Bertz CT molecular complexity index is 990. The maximum Gasteiger partial charge on any atom is 0.387 e. The highest BCUT2D eigenvalue weighted by Gasteiger charge is 2.39. The minimum atomic E-state index is -3.16. The maximum atomic E-state index is 12.9. The molecule has 3 rings (SSSR count). The van der Waals surface area contributed by atoms with Crippen molar-refractivity contribution in [1.82, 2.24) is 4.90 Å². The summed E-state index contributed by atoms with van der Waals surface area (Å²) in [4.78, 5) is 26.6. The standard InChI is InChI=1S/C22H27F2NO7S/c1-30-19-12-15(6-8-18(19)32-22(23)24)7-9-21(27)31-13-20(26)25(16-4-2-3-5-16)17-10-11-33(28,29)14-17/h6-9,12,16-17,22H,2-5,10-11,13-14H2,1H3/b9-7+. The number of methoxy groups -OCH3 is 1. The van der Waals surface area contributed by atoms with Crippen LogP contribution in [0.15, 0.2) is 24.3 Å². The molecule has 0 bridgehead atoms. The van der Waals surface area contributed by atoms with Gasteiger partial charge < -0.3 is 19.1 Å². The number of carbonyl (C=O) groups is 2. The minimum Gasteiger partial charge on any atom is -0.493 e. The van der Waals surface area contributed by atoms with E-state index in [9.17, 15) is 26.8 Å². The third-order valence-electron chi connectivity index (χ3n) is 5.76. The second-order valence-electron chi connectivity index (χ2n) is 8.03. The van der Waals surface area contributed by atoms with Crippen molar-refractivity contribution < 1.29 is 41.0 Å². The Morgan fingerprint density at radius 2 is 1.88 bits per heavy atom. The first kappa shape index (κ1) is 24.9. The van der Waals surface area contributed by atoms with Gasteiger partial charge in [0.2, 0.25) is 0 Å². The molecule has 0 N–H and O–H groups in total. The Labute approximate surface area is 191 Å². The van der Waals surface area contributed by atoms with Crippen molar-refractivity contribution in [2.45, 2.75) is 50.8 Å². The third kappa shape index (κ3) is 6.89. The molecule has 1 unspecified atom stereocenters. The van der Waals surface area contributed by atoms with E-state index in [1.807, 2.05) is 0 Å². The predicted octanol–water partition coefficient (Wildman–Crippen LogP) is 2.81. The number of halogens is 2. The van der Waals surface area contributed by atoms with Crippen LogP contribution in [0.5, 0.6) is 11.5 Å². The van der Waals surface area contributed by atoms with Crippen molar-refractivity contribution in [2.75, 3.05) is 25.2 Å². The van der Waals surface area contributed by atoms with Gasteiger partial charge in [-0.25, -0.2) is 13.2 Å². The zero-order valence-corrected chi connectivity index (χ0v) is 19.1. The van der Waals surface area contributed by atoms with E-state index < -0.39 is 34.9 Å². The molecule has 33 heavy (non-hydrogen) atoms. The molecule has 182 valence electrons. The van der Waals surface area contributed by atoms with Gasteiger partial charge in [0.05, 0.1) is 18.6 Å². The molecule has 1 aliphatic heterocycles. The van der Waals surface area contributed by atoms with Crippen LogP contribution in [0.25, 0.3) is 6.08 Å². The van der Waals surface area contributed by atoms with Crippen LogP contribution in [-0.2, 0) is 24.2 Å². The number of ether oxygens (including phenoxy) is 3. The number of esters is 1. The van der Waals surface area contributed by atoms with E-state index >= 15 is 0 Å². The number of hydrogen-bond donors (Lipinski definition) is 0. The summed E-state index contributed by atoms with van der Waals surface area (Å²) < 4.78 is 63.1. The third-order valence-corrected chi connectivity index (χ3v) is 7.51. The van der Waals surface area contributed by atoms with Crippen LogP contribution in [0.2, 0.25) is 0 Å². The van der Waals surface area contributed by atoms with Gasteiger partial charge in [-0.05, 0) is 43.0 Å². The van der Waals surface area contributed by atoms with E-state index in [1.165, 1.54) is 31.4 Å². The smallest absolute Gasteiger partial charge is 0.387 e. The van der Waals surface area contributed by atoms with E-state index in [4.69, 9.17) is 9.47 Å². The lowest BCUT2D eigenvalue weighted by Crippen LogP contribution is -2.48. The summed E-state index contributed by atoms with van der Waals surface area (Å²) in [7, 11) is -1.87. The fraction of sp³-hybridized carbons (Fsp3) is 0.545. The van der Waals surface area contributed by atoms with Gasteiger partial charge in [-0.3, -0.25) is 4.79 Å². The Balaban J connectivity index is 1.59. The van der Waals surface area contributed by atoms with Crippen molar-refractivity contribution >= 4 is 27.8 Å². The molecule has 0 spiro atoms. The SMILES string of the molecule is COc1cc(/C=C/C(=O)OCC(=O)N(C2CCCC2)C2CCS(=O)(=O)C2)ccc1OC(F)F. The van der Waals surface area contributed by atoms with Crippen LogP contribution < -0.4 is 9.47 Å². The van der Waals surface area contributed by atoms with Gasteiger partial charge >= 0.3 is 12.6 Å². The Morgan fingerprint density at radius 1 is 1.15 bits per heavy atom. The second-order valence-corrected chi connectivity index (χ2v) is 10.3. The van der Waals surface area contributed by atoms with Crippen LogP contribution in [0.3, 0.4) is 0 Å². The summed E-state index contributed by atoms with van der Waals surface area (Å²) in [6.07, 6.45) is 6.45. The fourth-order valence-corrected chi connectivity index (χ4v) is 5.99. The number of sulfone groups is 1. The Morgan fingerprint density at radius 3 is 2.48 bits per heavy atom. The lowest BCUT2D eigenvalue weighted by Gasteiger charge is -2.33. The van der Waals surface area contributed by atoms with Crippen LogP contribution >= 0.6 is 0 Å². The van der Waals surface area contributed by atoms with Crippen molar-refractivity contribution in [3.8, 4) is 11.5 Å². The molecule has 2 aliphatic rings. The summed E-state index contributed by atoms with van der Waals surface area (Å²) in [5.41, 5.74) is 0.473. The van der Waals surface area contributed by atoms with Gasteiger partial charge in [0, 0.05) is 18.2 Å². The summed E-state index contributed by atoms with van der Waals surface area (Å²) >= 11 is 0. The molecule has 0 radical (unpaired) electrons. The molecule has 1 aromatic carbocycles. The molecule has 1 saturated carbocycles.